The second-order valence-corrected chi connectivity index (χ2v) is 5.15. The van der Waals surface area contributed by atoms with E-state index in [9.17, 15) is 5.11 Å². The van der Waals surface area contributed by atoms with Crippen LogP contribution in [0.3, 0.4) is 0 Å². The molecule has 0 saturated carbocycles. The van der Waals surface area contributed by atoms with Crippen LogP contribution < -0.4 is 0 Å². The molecule has 3 rings (SSSR count). The van der Waals surface area contributed by atoms with Crippen molar-refractivity contribution >= 4 is 0 Å². The highest BCUT2D eigenvalue weighted by molar-refractivity contribution is 5.16. The van der Waals surface area contributed by atoms with E-state index < -0.39 is 30.9 Å². The average Bonchev–Trinajstić information content (AvgIpc) is 2.54. The minimum atomic E-state index is -0.907. The zero-order valence-corrected chi connectivity index (χ0v) is 12.0. The number of methoxy groups -OCH3 is 2. The monoisotopic (exact) mass is 296 g/mol. The highest BCUT2D eigenvalue weighted by Gasteiger charge is 2.49. The molecule has 6 atom stereocenters. The van der Waals surface area contributed by atoms with Crippen LogP contribution in [0.25, 0.3) is 0 Å². The third kappa shape index (κ3) is 2.83. The molecule has 0 aliphatic carbocycles. The predicted molar refractivity (Wildman–Crippen MR) is 72.5 cm³/mol. The van der Waals surface area contributed by atoms with Crippen molar-refractivity contribution in [2.24, 2.45) is 0 Å². The van der Waals surface area contributed by atoms with Gasteiger partial charge in [0.1, 0.15) is 24.4 Å². The summed E-state index contributed by atoms with van der Waals surface area (Å²) in [6.45, 7) is 0.358. The van der Waals surface area contributed by atoms with Gasteiger partial charge in [0.2, 0.25) is 0 Å². The highest BCUT2D eigenvalue weighted by Crippen LogP contribution is 2.35. The Kier molecular flexibility index (Phi) is 4.54. The Bertz CT molecular complexity index is 453. The maximum Gasteiger partial charge on any atom is 0.186 e. The lowest BCUT2D eigenvalue weighted by Gasteiger charge is -2.47. The molecule has 0 aromatic heterocycles. The molecule has 1 aromatic rings. The van der Waals surface area contributed by atoms with E-state index in [4.69, 9.17) is 23.7 Å². The molecule has 0 radical (unpaired) electrons. The van der Waals surface area contributed by atoms with Crippen LogP contribution in [0.5, 0.6) is 0 Å². The molecule has 6 heteroatoms. The van der Waals surface area contributed by atoms with E-state index in [-0.39, 0.29) is 6.10 Å². The minimum Gasteiger partial charge on any atom is -0.385 e. The second-order valence-electron chi connectivity index (χ2n) is 5.15. The molecule has 2 aliphatic heterocycles. The molecule has 116 valence electrons. The van der Waals surface area contributed by atoms with Gasteiger partial charge in [-0.25, -0.2) is 0 Å². The Hall–Kier alpha value is -1.02. The molecule has 1 N–H and O–H groups in total. The van der Waals surface area contributed by atoms with Crippen LogP contribution in [0.15, 0.2) is 30.3 Å². The fourth-order valence-corrected chi connectivity index (χ4v) is 2.81. The number of aliphatic hydroxyl groups is 1. The van der Waals surface area contributed by atoms with E-state index in [1.54, 1.807) is 7.11 Å². The van der Waals surface area contributed by atoms with Gasteiger partial charge < -0.3 is 28.8 Å². The normalized spacial score (nSPS) is 39.8. The fourth-order valence-electron chi connectivity index (χ4n) is 2.81. The summed E-state index contributed by atoms with van der Waals surface area (Å²) in [6.07, 6.45) is -3.39. The first kappa shape index (κ1) is 14.9. The largest absolute Gasteiger partial charge is 0.385 e. The molecule has 6 nitrogen and oxygen atoms in total. The molecule has 21 heavy (non-hydrogen) atoms. The standard InChI is InChI=1S/C15H20O6/c1-17-13-11(16)15(18-2)20-10-8-19-14(21-12(10)13)9-6-4-3-5-7-9/h3-7,10-16H,8H2,1-2H3/t10-,11+,12-,13+,14?,15-/m1/s1. The molecule has 0 amide bonds. The SMILES string of the molecule is CO[C@@H]1O[C@@H]2COC(c3ccccc3)O[C@H]2[C@@H](OC)[C@@H]1O. The van der Waals surface area contributed by atoms with Crippen molar-refractivity contribution in [3.8, 4) is 0 Å². The van der Waals surface area contributed by atoms with Crippen molar-refractivity contribution in [2.45, 2.75) is 37.0 Å². The van der Waals surface area contributed by atoms with Crippen LogP contribution >= 0.6 is 0 Å². The summed E-state index contributed by atoms with van der Waals surface area (Å²) in [7, 11) is 3.03. The Balaban J connectivity index is 1.77. The molecule has 2 heterocycles. The van der Waals surface area contributed by atoms with Gasteiger partial charge in [0, 0.05) is 19.8 Å². The van der Waals surface area contributed by atoms with Crippen molar-refractivity contribution in [1.29, 1.82) is 0 Å². The van der Waals surface area contributed by atoms with E-state index in [1.807, 2.05) is 30.3 Å². The maximum atomic E-state index is 10.2. The lowest BCUT2D eigenvalue weighted by Crippen LogP contribution is -2.62. The minimum absolute atomic E-state index is 0.330. The van der Waals surface area contributed by atoms with Gasteiger partial charge in [-0.3, -0.25) is 0 Å². The summed E-state index contributed by atoms with van der Waals surface area (Å²) in [5, 5.41) is 10.2. The summed E-state index contributed by atoms with van der Waals surface area (Å²) in [6, 6.07) is 9.66. The van der Waals surface area contributed by atoms with Gasteiger partial charge >= 0.3 is 0 Å². The molecule has 2 saturated heterocycles. The summed E-state index contributed by atoms with van der Waals surface area (Å²) in [5.41, 5.74) is 0.925. The number of ether oxygens (including phenoxy) is 5. The van der Waals surface area contributed by atoms with Gasteiger partial charge in [-0.05, 0) is 0 Å². The lowest BCUT2D eigenvalue weighted by atomic mass is 9.97. The summed E-state index contributed by atoms with van der Waals surface area (Å²) >= 11 is 0. The van der Waals surface area contributed by atoms with Crippen molar-refractivity contribution in [3.63, 3.8) is 0 Å². The van der Waals surface area contributed by atoms with Crippen LogP contribution in [0.2, 0.25) is 0 Å². The first-order valence-electron chi connectivity index (χ1n) is 6.95. The first-order chi connectivity index (χ1) is 10.2. The van der Waals surface area contributed by atoms with Gasteiger partial charge in [0.05, 0.1) is 6.61 Å². The Morgan fingerprint density at radius 3 is 2.52 bits per heavy atom. The fraction of sp³-hybridized carbons (Fsp3) is 0.600. The van der Waals surface area contributed by atoms with Crippen molar-refractivity contribution < 1.29 is 28.8 Å². The van der Waals surface area contributed by atoms with Crippen molar-refractivity contribution in [3.05, 3.63) is 35.9 Å². The van der Waals surface area contributed by atoms with E-state index in [0.717, 1.165) is 5.56 Å². The summed E-state index contributed by atoms with van der Waals surface area (Å²) in [5.74, 6) is 0. The quantitative estimate of drug-likeness (QED) is 0.892. The van der Waals surface area contributed by atoms with E-state index >= 15 is 0 Å². The van der Waals surface area contributed by atoms with Crippen LogP contribution in [-0.4, -0.2) is 56.6 Å². The van der Waals surface area contributed by atoms with Crippen LogP contribution in [0.4, 0.5) is 0 Å². The third-order valence-electron chi connectivity index (χ3n) is 3.88. The van der Waals surface area contributed by atoms with Crippen LogP contribution in [0, 0.1) is 0 Å². The highest BCUT2D eigenvalue weighted by atomic mass is 16.8. The lowest BCUT2D eigenvalue weighted by molar-refractivity contribution is -0.360. The van der Waals surface area contributed by atoms with Crippen molar-refractivity contribution in [2.75, 3.05) is 20.8 Å². The molecule has 1 unspecified atom stereocenters. The number of aliphatic hydroxyl groups excluding tert-OH is 1. The maximum absolute atomic E-state index is 10.2. The van der Waals surface area contributed by atoms with Crippen molar-refractivity contribution in [1.82, 2.24) is 0 Å². The molecule has 0 bridgehead atoms. The molecule has 0 spiro atoms. The second kappa shape index (κ2) is 6.39. The first-order valence-corrected chi connectivity index (χ1v) is 6.95. The Morgan fingerprint density at radius 1 is 1.10 bits per heavy atom. The van der Waals surface area contributed by atoms with Gasteiger partial charge in [-0.1, -0.05) is 30.3 Å². The van der Waals surface area contributed by atoms with Gasteiger partial charge in [0.25, 0.3) is 0 Å². The predicted octanol–water partition coefficient (Wildman–Crippen LogP) is 0.848. The summed E-state index contributed by atoms with van der Waals surface area (Å²) in [4.78, 5) is 0. The number of fused-ring (bicyclic) bond motifs is 1. The number of hydrogen-bond donors (Lipinski definition) is 1. The topological polar surface area (TPSA) is 66.4 Å². The molecule has 2 fully saturated rings. The zero-order chi connectivity index (χ0) is 14.8. The Labute approximate surface area is 123 Å². The average molecular weight is 296 g/mol. The number of hydrogen-bond acceptors (Lipinski definition) is 6. The third-order valence-corrected chi connectivity index (χ3v) is 3.88. The number of benzene rings is 1. The molecular formula is C15H20O6. The van der Waals surface area contributed by atoms with Crippen LogP contribution in [0.1, 0.15) is 11.9 Å². The molecular weight excluding hydrogens is 276 g/mol. The summed E-state index contributed by atoms with van der Waals surface area (Å²) < 4.78 is 27.9. The van der Waals surface area contributed by atoms with E-state index in [2.05, 4.69) is 0 Å². The molecule has 1 aromatic carbocycles. The molecule has 2 aliphatic rings. The van der Waals surface area contributed by atoms with Crippen LogP contribution in [-0.2, 0) is 23.7 Å². The van der Waals surface area contributed by atoms with Gasteiger partial charge in [-0.2, -0.15) is 0 Å². The Morgan fingerprint density at radius 2 is 1.86 bits per heavy atom. The van der Waals surface area contributed by atoms with E-state index in [0.29, 0.717) is 6.61 Å². The van der Waals surface area contributed by atoms with Gasteiger partial charge in [0.15, 0.2) is 12.6 Å². The zero-order valence-electron chi connectivity index (χ0n) is 12.0. The smallest absolute Gasteiger partial charge is 0.186 e. The number of rotatable bonds is 3. The van der Waals surface area contributed by atoms with Gasteiger partial charge in [-0.15, -0.1) is 0 Å². The van der Waals surface area contributed by atoms with E-state index in [1.165, 1.54) is 7.11 Å².